The van der Waals surface area contributed by atoms with Gasteiger partial charge in [-0.25, -0.2) is 0 Å². The van der Waals surface area contributed by atoms with Crippen LogP contribution in [0.4, 0.5) is 5.69 Å². The Kier molecular flexibility index (Phi) is 6.11. The fourth-order valence-electron chi connectivity index (χ4n) is 2.83. The molecular weight excluding hydrogens is 316 g/mol. The van der Waals surface area contributed by atoms with Gasteiger partial charge < -0.3 is 14.7 Å². The topological polar surface area (TPSA) is 110 Å². The molecule has 1 heterocycles. The monoisotopic (exact) mass is 336 g/mol. The second-order valence-electron chi connectivity index (χ2n) is 5.71. The molecule has 0 bridgehead atoms. The molecule has 1 unspecified atom stereocenters. The van der Waals surface area contributed by atoms with Crippen molar-refractivity contribution < 1.29 is 24.4 Å². The van der Waals surface area contributed by atoms with Crippen LogP contribution in [-0.2, 0) is 9.59 Å². The van der Waals surface area contributed by atoms with E-state index >= 15 is 0 Å². The fraction of sp³-hybridized carbons (Fsp3) is 0.500. The second kappa shape index (κ2) is 8.28. The van der Waals surface area contributed by atoms with Crippen LogP contribution < -0.4 is 4.74 Å². The highest BCUT2D eigenvalue weighted by atomic mass is 16.6. The van der Waals surface area contributed by atoms with Crippen LogP contribution in [0.3, 0.4) is 0 Å². The van der Waals surface area contributed by atoms with Gasteiger partial charge in [0, 0.05) is 25.1 Å². The fourth-order valence-corrected chi connectivity index (χ4v) is 2.83. The third-order valence-electron chi connectivity index (χ3n) is 4.03. The van der Waals surface area contributed by atoms with E-state index < -0.39 is 10.9 Å². The number of benzene rings is 1. The van der Waals surface area contributed by atoms with Gasteiger partial charge in [0.05, 0.1) is 11.0 Å². The number of carbonyl (C=O) groups excluding carboxylic acids is 1. The predicted molar refractivity (Wildman–Crippen MR) is 84.8 cm³/mol. The van der Waals surface area contributed by atoms with Crippen molar-refractivity contribution in [1.82, 2.24) is 4.90 Å². The maximum atomic E-state index is 12.4. The van der Waals surface area contributed by atoms with Gasteiger partial charge in [0.2, 0.25) is 0 Å². The van der Waals surface area contributed by atoms with Crippen molar-refractivity contribution in [2.75, 3.05) is 13.2 Å². The average Bonchev–Trinajstić information content (AvgIpc) is 2.58. The molecule has 1 aliphatic heterocycles. The van der Waals surface area contributed by atoms with Crippen LogP contribution in [0.25, 0.3) is 0 Å². The summed E-state index contributed by atoms with van der Waals surface area (Å²) in [5, 5.41) is 19.5. The number of hydrogen-bond acceptors (Lipinski definition) is 5. The molecule has 1 aromatic carbocycles. The first kappa shape index (κ1) is 17.7. The Morgan fingerprint density at radius 3 is 2.88 bits per heavy atom. The zero-order chi connectivity index (χ0) is 17.5. The molecular formula is C16H20N2O6. The molecule has 0 saturated carbocycles. The van der Waals surface area contributed by atoms with Gasteiger partial charge in [-0.05, 0) is 31.7 Å². The van der Waals surface area contributed by atoms with Crippen LogP contribution >= 0.6 is 0 Å². The van der Waals surface area contributed by atoms with E-state index in [0.717, 1.165) is 19.3 Å². The summed E-state index contributed by atoms with van der Waals surface area (Å²) in [5.41, 5.74) is -0.0998. The van der Waals surface area contributed by atoms with Crippen molar-refractivity contribution in [3.63, 3.8) is 0 Å². The summed E-state index contributed by atoms with van der Waals surface area (Å²) < 4.78 is 5.37. The minimum Gasteiger partial charge on any atom is -0.484 e. The summed E-state index contributed by atoms with van der Waals surface area (Å²) >= 11 is 0. The molecule has 2 rings (SSSR count). The number of nitro benzene ring substituents is 1. The summed E-state index contributed by atoms with van der Waals surface area (Å²) in [4.78, 5) is 35.0. The van der Waals surface area contributed by atoms with E-state index in [4.69, 9.17) is 9.84 Å². The molecule has 0 aliphatic carbocycles. The van der Waals surface area contributed by atoms with Crippen molar-refractivity contribution in [3.05, 3.63) is 34.4 Å². The number of nitrogens with zero attached hydrogens (tertiary/aromatic N) is 2. The number of ether oxygens (including phenoxy) is 1. The minimum absolute atomic E-state index is 0.0280. The van der Waals surface area contributed by atoms with Gasteiger partial charge in [-0.3, -0.25) is 19.7 Å². The highest BCUT2D eigenvalue weighted by Gasteiger charge is 2.27. The Morgan fingerprint density at radius 2 is 2.17 bits per heavy atom. The number of nitro groups is 1. The lowest BCUT2D eigenvalue weighted by Crippen LogP contribution is -2.46. The smallest absolute Gasteiger partial charge is 0.303 e. The summed E-state index contributed by atoms with van der Waals surface area (Å²) in [5.74, 6) is -0.839. The highest BCUT2D eigenvalue weighted by molar-refractivity contribution is 5.78. The molecule has 0 spiro atoms. The van der Waals surface area contributed by atoms with Gasteiger partial charge in [-0.2, -0.15) is 0 Å². The SMILES string of the molecule is O=C(O)CCC1CCCCN1C(=O)COc1cccc([N+](=O)[O-])c1. The average molecular weight is 336 g/mol. The minimum atomic E-state index is -0.874. The number of hydrogen-bond donors (Lipinski definition) is 1. The van der Waals surface area contributed by atoms with Gasteiger partial charge in [-0.1, -0.05) is 6.07 Å². The van der Waals surface area contributed by atoms with Crippen molar-refractivity contribution in [3.8, 4) is 5.75 Å². The van der Waals surface area contributed by atoms with E-state index in [0.29, 0.717) is 13.0 Å². The van der Waals surface area contributed by atoms with Gasteiger partial charge in [0.1, 0.15) is 5.75 Å². The molecule has 1 N–H and O–H groups in total. The maximum Gasteiger partial charge on any atom is 0.303 e. The number of aliphatic carboxylic acids is 1. The lowest BCUT2D eigenvalue weighted by molar-refractivity contribution is -0.384. The molecule has 24 heavy (non-hydrogen) atoms. The first-order valence-corrected chi connectivity index (χ1v) is 7.86. The van der Waals surface area contributed by atoms with E-state index in [1.54, 1.807) is 11.0 Å². The summed E-state index contributed by atoms with van der Waals surface area (Å²) in [6.45, 7) is 0.367. The molecule has 8 heteroatoms. The van der Waals surface area contributed by atoms with Gasteiger partial charge in [0.25, 0.3) is 11.6 Å². The van der Waals surface area contributed by atoms with Crippen LogP contribution in [-0.4, -0.2) is 46.0 Å². The van der Waals surface area contributed by atoms with Crippen LogP contribution in [0.5, 0.6) is 5.75 Å². The van der Waals surface area contributed by atoms with E-state index in [1.165, 1.54) is 18.2 Å². The molecule has 1 atom stereocenters. The molecule has 130 valence electrons. The molecule has 1 amide bonds. The van der Waals surface area contributed by atoms with Crippen LogP contribution in [0.1, 0.15) is 32.1 Å². The lowest BCUT2D eigenvalue weighted by Gasteiger charge is -2.35. The van der Waals surface area contributed by atoms with Crippen molar-refractivity contribution in [2.45, 2.75) is 38.1 Å². The number of carboxylic acids is 1. The molecule has 1 aliphatic rings. The van der Waals surface area contributed by atoms with Gasteiger partial charge >= 0.3 is 5.97 Å². The standard InChI is InChI=1S/C16H20N2O6/c19-15(11-24-14-6-3-5-13(10-14)18(22)23)17-9-2-1-4-12(17)7-8-16(20)21/h3,5-6,10,12H,1-2,4,7-9,11H2,(H,20,21). The van der Waals surface area contributed by atoms with Crippen LogP contribution in [0, 0.1) is 10.1 Å². The van der Waals surface area contributed by atoms with Crippen molar-refractivity contribution in [1.29, 1.82) is 0 Å². The number of likely N-dealkylation sites (tertiary alicyclic amines) is 1. The molecule has 1 fully saturated rings. The van der Waals surface area contributed by atoms with Crippen molar-refractivity contribution in [2.24, 2.45) is 0 Å². The Bertz CT molecular complexity index is 618. The molecule has 8 nitrogen and oxygen atoms in total. The predicted octanol–water partition coefficient (Wildman–Crippen LogP) is 2.22. The summed E-state index contributed by atoms with van der Waals surface area (Å²) in [6.07, 6.45) is 3.10. The Labute approximate surface area is 139 Å². The van der Waals surface area contributed by atoms with Crippen molar-refractivity contribution >= 4 is 17.6 Å². The number of rotatable bonds is 7. The Hall–Kier alpha value is -2.64. The van der Waals surface area contributed by atoms with E-state index in [-0.39, 0.29) is 36.4 Å². The zero-order valence-corrected chi connectivity index (χ0v) is 13.2. The Balaban J connectivity index is 1.93. The normalized spacial score (nSPS) is 17.3. The Morgan fingerprint density at radius 1 is 1.38 bits per heavy atom. The van der Waals surface area contributed by atoms with E-state index in [1.807, 2.05) is 0 Å². The van der Waals surface area contributed by atoms with Crippen LogP contribution in [0.15, 0.2) is 24.3 Å². The molecule has 1 saturated heterocycles. The maximum absolute atomic E-state index is 12.4. The molecule has 1 aromatic rings. The number of amides is 1. The van der Waals surface area contributed by atoms with Gasteiger partial charge in [0.15, 0.2) is 6.61 Å². The number of piperidine rings is 1. The van der Waals surface area contributed by atoms with E-state index in [2.05, 4.69) is 0 Å². The van der Waals surface area contributed by atoms with E-state index in [9.17, 15) is 19.7 Å². The third-order valence-corrected chi connectivity index (χ3v) is 4.03. The first-order chi connectivity index (χ1) is 11.5. The number of carbonyl (C=O) groups is 2. The highest BCUT2D eigenvalue weighted by Crippen LogP contribution is 2.22. The van der Waals surface area contributed by atoms with Gasteiger partial charge in [-0.15, -0.1) is 0 Å². The second-order valence-corrected chi connectivity index (χ2v) is 5.71. The molecule has 0 aromatic heterocycles. The number of carboxylic acid groups (broad SMARTS) is 1. The van der Waals surface area contributed by atoms with Crippen LogP contribution in [0.2, 0.25) is 0 Å². The zero-order valence-electron chi connectivity index (χ0n) is 13.2. The largest absolute Gasteiger partial charge is 0.484 e. The molecule has 0 radical (unpaired) electrons. The summed E-state index contributed by atoms with van der Waals surface area (Å²) in [6, 6.07) is 5.58. The third kappa shape index (κ3) is 4.94. The first-order valence-electron chi connectivity index (χ1n) is 7.86. The number of non-ortho nitro benzene ring substituents is 1. The quantitative estimate of drug-likeness (QED) is 0.604. The lowest BCUT2D eigenvalue weighted by atomic mass is 9.98. The summed E-state index contributed by atoms with van der Waals surface area (Å²) in [7, 11) is 0.